The van der Waals surface area contributed by atoms with E-state index in [2.05, 4.69) is 15.8 Å². The lowest BCUT2D eigenvalue weighted by molar-refractivity contribution is 0.0962. The van der Waals surface area contributed by atoms with Crippen LogP contribution >= 0.6 is 22.9 Å². The molecule has 0 saturated carbocycles. The molecule has 7 heteroatoms. The second-order valence-corrected chi connectivity index (χ2v) is 7.38. The third kappa shape index (κ3) is 3.65. The molecule has 4 aromatic rings. The zero-order valence-corrected chi connectivity index (χ0v) is 16.5. The molecule has 0 radical (unpaired) electrons. The Kier molecular flexibility index (Phi) is 5.14. The number of methoxy groups -OCH3 is 1. The number of nitrogens with zero attached hydrogens (tertiary/aromatic N) is 1. The molecule has 5 nitrogen and oxygen atoms in total. The van der Waals surface area contributed by atoms with Gasteiger partial charge >= 0.3 is 0 Å². The molecule has 1 amide bonds. The molecule has 0 saturated heterocycles. The number of fused-ring (bicyclic) bond motifs is 1. The molecule has 4 rings (SSSR count). The van der Waals surface area contributed by atoms with Crippen molar-refractivity contribution in [2.45, 2.75) is 0 Å². The summed E-state index contributed by atoms with van der Waals surface area (Å²) in [5.74, 6) is 0.378. The van der Waals surface area contributed by atoms with E-state index in [0.29, 0.717) is 27.0 Å². The molecule has 0 spiro atoms. The van der Waals surface area contributed by atoms with Crippen LogP contribution in [0.25, 0.3) is 21.3 Å². The summed E-state index contributed by atoms with van der Waals surface area (Å²) < 4.78 is 6.11. The molecule has 0 aliphatic rings. The number of hydrogen-bond acceptors (Lipinski definition) is 5. The van der Waals surface area contributed by atoms with Crippen LogP contribution in [0.2, 0.25) is 5.02 Å². The monoisotopic (exact) mass is 409 g/mol. The molecule has 0 bridgehead atoms. The van der Waals surface area contributed by atoms with Gasteiger partial charge < -0.3 is 4.74 Å². The summed E-state index contributed by atoms with van der Waals surface area (Å²) in [7, 11) is 1.58. The lowest BCUT2D eigenvalue weighted by atomic mass is 10.0. The highest BCUT2D eigenvalue weighted by molar-refractivity contribution is 7.22. The van der Waals surface area contributed by atoms with Gasteiger partial charge in [-0.1, -0.05) is 65.4 Å². The second kappa shape index (κ2) is 7.88. The first-order valence-electron chi connectivity index (χ1n) is 8.50. The van der Waals surface area contributed by atoms with E-state index in [1.807, 2.05) is 42.5 Å². The highest BCUT2D eigenvalue weighted by Crippen LogP contribution is 2.37. The van der Waals surface area contributed by atoms with Crippen LogP contribution in [-0.4, -0.2) is 18.0 Å². The number of halogens is 1. The highest BCUT2D eigenvalue weighted by Gasteiger charge is 2.13. The SMILES string of the molecule is COc1ccc(Cl)c2sc(NNC(=O)c3ccc(-c4ccccc4)cc3)nc12. The number of carbonyl (C=O) groups is 1. The van der Waals surface area contributed by atoms with Gasteiger partial charge in [0.25, 0.3) is 5.91 Å². The molecule has 140 valence electrons. The molecule has 0 aliphatic heterocycles. The minimum Gasteiger partial charge on any atom is -0.494 e. The fourth-order valence-electron chi connectivity index (χ4n) is 2.80. The zero-order chi connectivity index (χ0) is 19.5. The van der Waals surface area contributed by atoms with E-state index >= 15 is 0 Å². The van der Waals surface area contributed by atoms with Gasteiger partial charge in [0.2, 0.25) is 5.13 Å². The predicted molar refractivity (Wildman–Crippen MR) is 114 cm³/mol. The van der Waals surface area contributed by atoms with Crippen molar-refractivity contribution in [3.8, 4) is 16.9 Å². The fourth-order valence-corrected chi connectivity index (χ4v) is 3.91. The number of carbonyl (C=O) groups excluding carboxylic acids is 1. The number of thiazole rings is 1. The summed E-state index contributed by atoms with van der Waals surface area (Å²) in [5.41, 5.74) is 8.88. The molecule has 0 atom stereocenters. The van der Waals surface area contributed by atoms with E-state index in [0.717, 1.165) is 15.8 Å². The number of ether oxygens (including phenoxy) is 1. The van der Waals surface area contributed by atoms with E-state index in [4.69, 9.17) is 16.3 Å². The average Bonchev–Trinajstić information content (AvgIpc) is 3.18. The number of aromatic nitrogens is 1. The van der Waals surface area contributed by atoms with E-state index in [1.165, 1.54) is 11.3 Å². The summed E-state index contributed by atoms with van der Waals surface area (Å²) in [5, 5.41) is 1.11. The van der Waals surface area contributed by atoms with E-state index in [9.17, 15) is 4.79 Å². The molecule has 1 heterocycles. The molecule has 1 aromatic heterocycles. The minimum absolute atomic E-state index is 0.253. The van der Waals surface area contributed by atoms with Crippen molar-refractivity contribution in [1.82, 2.24) is 10.4 Å². The normalized spacial score (nSPS) is 10.6. The first-order chi connectivity index (χ1) is 13.7. The fraction of sp³-hybridized carbons (Fsp3) is 0.0476. The van der Waals surface area contributed by atoms with Gasteiger partial charge in [0.15, 0.2) is 0 Å². The Morgan fingerprint density at radius 2 is 1.71 bits per heavy atom. The lowest BCUT2D eigenvalue weighted by Gasteiger charge is -2.07. The van der Waals surface area contributed by atoms with Gasteiger partial charge in [0, 0.05) is 5.56 Å². The summed E-state index contributed by atoms with van der Waals surface area (Å²) in [6.45, 7) is 0. The van der Waals surface area contributed by atoms with Gasteiger partial charge in [-0.15, -0.1) is 0 Å². The van der Waals surface area contributed by atoms with Crippen molar-refractivity contribution in [2.75, 3.05) is 12.5 Å². The number of benzene rings is 3. The van der Waals surface area contributed by atoms with Crippen LogP contribution in [0.5, 0.6) is 5.75 Å². The van der Waals surface area contributed by atoms with Crippen molar-refractivity contribution in [1.29, 1.82) is 0 Å². The van der Waals surface area contributed by atoms with E-state index in [1.54, 1.807) is 31.4 Å². The van der Waals surface area contributed by atoms with Crippen molar-refractivity contribution < 1.29 is 9.53 Å². The van der Waals surface area contributed by atoms with Crippen molar-refractivity contribution in [2.24, 2.45) is 0 Å². The van der Waals surface area contributed by atoms with Crippen molar-refractivity contribution >= 4 is 44.2 Å². The maximum absolute atomic E-state index is 12.4. The van der Waals surface area contributed by atoms with E-state index < -0.39 is 0 Å². The first kappa shape index (κ1) is 18.3. The summed E-state index contributed by atoms with van der Waals surface area (Å²) in [6.07, 6.45) is 0. The van der Waals surface area contributed by atoms with Crippen LogP contribution in [-0.2, 0) is 0 Å². The first-order valence-corrected chi connectivity index (χ1v) is 9.70. The second-order valence-electron chi connectivity index (χ2n) is 5.97. The number of anilines is 1. The van der Waals surface area contributed by atoms with Crippen LogP contribution in [0.4, 0.5) is 5.13 Å². The van der Waals surface area contributed by atoms with Crippen LogP contribution in [0, 0.1) is 0 Å². The lowest BCUT2D eigenvalue weighted by Crippen LogP contribution is -2.29. The number of amides is 1. The Bertz CT molecular complexity index is 1130. The van der Waals surface area contributed by atoms with Gasteiger partial charge in [-0.2, -0.15) is 0 Å². The average molecular weight is 410 g/mol. The largest absolute Gasteiger partial charge is 0.494 e. The molecule has 0 unspecified atom stereocenters. The van der Waals surface area contributed by atoms with Gasteiger partial charge in [-0.05, 0) is 35.4 Å². The molecule has 0 fully saturated rings. The maximum Gasteiger partial charge on any atom is 0.269 e. The number of hydrogen-bond donors (Lipinski definition) is 2. The van der Waals surface area contributed by atoms with Crippen LogP contribution in [0.1, 0.15) is 10.4 Å². The Morgan fingerprint density at radius 3 is 2.43 bits per heavy atom. The number of hydrazine groups is 1. The number of rotatable bonds is 5. The maximum atomic E-state index is 12.4. The van der Waals surface area contributed by atoms with Crippen molar-refractivity contribution in [3.63, 3.8) is 0 Å². The minimum atomic E-state index is -0.253. The van der Waals surface area contributed by atoms with Gasteiger partial charge in [0.05, 0.1) is 16.8 Å². The molecule has 2 N–H and O–H groups in total. The van der Waals surface area contributed by atoms with Crippen LogP contribution in [0.3, 0.4) is 0 Å². The standard InChI is InChI=1S/C21H16ClN3O2S/c1-27-17-12-11-16(22)19-18(17)23-21(28-19)25-24-20(26)15-9-7-14(8-10-15)13-5-3-2-4-6-13/h2-12H,1H3,(H,23,25)(H,24,26). The van der Waals surface area contributed by atoms with Gasteiger partial charge in [0.1, 0.15) is 11.3 Å². The van der Waals surface area contributed by atoms with Crippen molar-refractivity contribution in [3.05, 3.63) is 77.3 Å². The zero-order valence-electron chi connectivity index (χ0n) is 14.9. The smallest absolute Gasteiger partial charge is 0.269 e. The summed E-state index contributed by atoms with van der Waals surface area (Å²) in [4.78, 5) is 16.9. The van der Waals surface area contributed by atoms with Crippen LogP contribution < -0.4 is 15.6 Å². The van der Waals surface area contributed by atoms with E-state index in [-0.39, 0.29) is 5.91 Å². The highest BCUT2D eigenvalue weighted by atomic mass is 35.5. The molecular formula is C21H16ClN3O2S. The quantitative estimate of drug-likeness (QED) is 0.434. The Morgan fingerprint density at radius 1 is 1.00 bits per heavy atom. The van der Waals surface area contributed by atoms with Gasteiger partial charge in [-0.25, -0.2) is 4.98 Å². The van der Waals surface area contributed by atoms with Crippen LogP contribution in [0.15, 0.2) is 66.7 Å². The summed E-state index contributed by atoms with van der Waals surface area (Å²) in [6, 6.07) is 21.0. The molecule has 3 aromatic carbocycles. The summed E-state index contributed by atoms with van der Waals surface area (Å²) >= 11 is 7.56. The molecule has 0 aliphatic carbocycles. The molecular weight excluding hydrogens is 394 g/mol. The Labute approximate surface area is 170 Å². The third-order valence-electron chi connectivity index (χ3n) is 4.22. The Hall–Kier alpha value is -3.09. The number of nitrogens with one attached hydrogen (secondary N) is 2. The third-order valence-corrected chi connectivity index (χ3v) is 5.65. The Balaban J connectivity index is 1.47. The van der Waals surface area contributed by atoms with Gasteiger partial charge in [-0.3, -0.25) is 15.6 Å². The molecule has 28 heavy (non-hydrogen) atoms. The predicted octanol–water partition coefficient (Wildman–Crippen LogP) is 5.38. The topological polar surface area (TPSA) is 63.2 Å².